The average molecular weight is 642 g/mol. The van der Waals surface area contributed by atoms with Crippen LogP contribution in [-0.2, 0) is 9.59 Å². The van der Waals surface area contributed by atoms with Crippen molar-refractivity contribution in [3.05, 3.63) is 161 Å². The summed E-state index contributed by atoms with van der Waals surface area (Å²) in [6.07, 6.45) is 1.62. The number of carbonyl (C=O) groups is 3. The van der Waals surface area contributed by atoms with Gasteiger partial charge in [-0.3, -0.25) is 14.4 Å². The molecule has 0 aliphatic heterocycles. The fourth-order valence-electron chi connectivity index (χ4n) is 4.75. The largest absolute Gasteiger partial charge is 0.494 e. The Balaban J connectivity index is 1.37. The average Bonchev–Trinajstić information content (AvgIpc) is 3.08. The van der Waals surface area contributed by atoms with Crippen LogP contribution in [0.2, 0.25) is 0 Å². The minimum Gasteiger partial charge on any atom is -0.494 e. The number of ether oxygens (including phenoxy) is 1. The van der Waals surface area contributed by atoms with Gasteiger partial charge in [0, 0.05) is 21.8 Å². The van der Waals surface area contributed by atoms with Crippen LogP contribution < -0.4 is 20.7 Å². The molecule has 0 saturated heterocycles. The first-order chi connectivity index (χ1) is 22.9. The molecule has 7 nitrogen and oxygen atoms in total. The van der Waals surface area contributed by atoms with Crippen LogP contribution in [0, 0.1) is 6.92 Å². The zero-order valence-corrected chi connectivity index (χ0v) is 26.9. The van der Waals surface area contributed by atoms with Gasteiger partial charge in [-0.1, -0.05) is 78.9 Å². The Morgan fingerprint density at radius 3 is 2.09 bits per heavy atom. The molecule has 236 valence electrons. The highest BCUT2D eigenvalue weighted by Crippen LogP contribution is 2.37. The lowest BCUT2D eigenvalue weighted by molar-refractivity contribution is -0.116. The lowest BCUT2D eigenvalue weighted by Crippen LogP contribution is -2.30. The van der Waals surface area contributed by atoms with Crippen LogP contribution in [-0.4, -0.2) is 24.3 Å². The van der Waals surface area contributed by atoms with Gasteiger partial charge in [-0.15, -0.1) is 11.8 Å². The molecule has 3 N–H and O–H groups in total. The first kappa shape index (κ1) is 32.8. The van der Waals surface area contributed by atoms with Gasteiger partial charge in [0.05, 0.1) is 6.61 Å². The number of anilines is 2. The van der Waals surface area contributed by atoms with Gasteiger partial charge in [-0.2, -0.15) is 0 Å². The first-order valence-corrected chi connectivity index (χ1v) is 16.1. The van der Waals surface area contributed by atoms with E-state index in [1.54, 1.807) is 36.4 Å². The van der Waals surface area contributed by atoms with Crippen molar-refractivity contribution in [2.45, 2.75) is 24.0 Å². The van der Waals surface area contributed by atoms with E-state index in [0.717, 1.165) is 21.7 Å². The summed E-state index contributed by atoms with van der Waals surface area (Å²) >= 11 is 1.38. The molecule has 0 saturated carbocycles. The second-order valence-corrected chi connectivity index (χ2v) is 11.8. The first-order valence-electron chi connectivity index (χ1n) is 15.2. The number of rotatable bonds is 12. The fraction of sp³-hybridized carbons (Fsp3) is 0.103. The summed E-state index contributed by atoms with van der Waals surface area (Å²) in [6.45, 7) is 4.42. The summed E-state index contributed by atoms with van der Waals surface area (Å²) < 4.78 is 5.53. The molecule has 0 radical (unpaired) electrons. The van der Waals surface area contributed by atoms with Gasteiger partial charge < -0.3 is 20.7 Å². The van der Waals surface area contributed by atoms with Gasteiger partial charge in [0.25, 0.3) is 11.8 Å². The molecule has 47 heavy (non-hydrogen) atoms. The number of carbonyl (C=O) groups excluding carboxylic acids is 3. The van der Waals surface area contributed by atoms with Crippen LogP contribution in [0.5, 0.6) is 5.75 Å². The Morgan fingerprint density at radius 2 is 1.40 bits per heavy atom. The Morgan fingerprint density at radius 1 is 0.745 bits per heavy atom. The minimum atomic E-state index is -0.553. The maximum Gasteiger partial charge on any atom is 0.272 e. The van der Waals surface area contributed by atoms with E-state index < -0.39 is 17.1 Å². The lowest BCUT2D eigenvalue weighted by Gasteiger charge is -2.18. The van der Waals surface area contributed by atoms with E-state index in [1.165, 1.54) is 11.8 Å². The second-order valence-electron chi connectivity index (χ2n) is 10.6. The third-order valence-corrected chi connectivity index (χ3v) is 8.25. The van der Waals surface area contributed by atoms with Crippen LogP contribution in [0.1, 0.15) is 39.2 Å². The molecule has 0 fully saturated rings. The van der Waals surface area contributed by atoms with Gasteiger partial charge in [0.15, 0.2) is 0 Å². The molecule has 0 aliphatic rings. The third kappa shape index (κ3) is 9.45. The number of aryl methyl sites for hydroxylation is 1. The maximum absolute atomic E-state index is 13.7. The molecular formula is C39H35N3O4S. The molecule has 0 spiro atoms. The summed E-state index contributed by atoms with van der Waals surface area (Å²) in [5, 5.41) is 8.18. The van der Waals surface area contributed by atoms with Gasteiger partial charge in [-0.05, 0) is 91.2 Å². The van der Waals surface area contributed by atoms with E-state index in [-0.39, 0.29) is 11.6 Å². The third-order valence-electron chi connectivity index (χ3n) is 7.00. The summed E-state index contributed by atoms with van der Waals surface area (Å²) in [6, 6.07) is 40.5. The fourth-order valence-corrected chi connectivity index (χ4v) is 5.83. The Labute approximate surface area is 279 Å². The number of hydrogen-bond donors (Lipinski definition) is 3. The second kappa shape index (κ2) is 16.1. The van der Waals surface area contributed by atoms with Crippen LogP contribution in [0.15, 0.2) is 144 Å². The molecule has 3 amide bonds. The van der Waals surface area contributed by atoms with Crippen molar-refractivity contribution in [2.24, 2.45) is 0 Å². The van der Waals surface area contributed by atoms with E-state index in [1.807, 2.05) is 117 Å². The van der Waals surface area contributed by atoms with Crippen molar-refractivity contribution in [2.75, 3.05) is 17.2 Å². The van der Waals surface area contributed by atoms with Crippen molar-refractivity contribution < 1.29 is 19.1 Å². The van der Waals surface area contributed by atoms with E-state index >= 15 is 0 Å². The Kier molecular flexibility index (Phi) is 11.2. The number of nitrogens with one attached hydrogen (secondary N) is 3. The van der Waals surface area contributed by atoms with Crippen molar-refractivity contribution in [3.8, 4) is 5.75 Å². The molecule has 1 atom stereocenters. The van der Waals surface area contributed by atoms with Crippen molar-refractivity contribution >= 4 is 46.9 Å². The van der Waals surface area contributed by atoms with Crippen molar-refractivity contribution in [1.29, 1.82) is 0 Å². The van der Waals surface area contributed by atoms with Gasteiger partial charge >= 0.3 is 0 Å². The maximum atomic E-state index is 13.7. The molecule has 5 aromatic rings. The highest BCUT2D eigenvalue weighted by atomic mass is 32.2. The molecule has 1 unspecified atom stereocenters. The number of benzene rings is 5. The zero-order valence-electron chi connectivity index (χ0n) is 26.1. The highest BCUT2D eigenvalue weighted by molar-refractivity contribution is 8.00. The smallest absolute Gasteiger partial charge is 0.272 e. The quantitative estimate of drug-likeness (QED) is 0.0941. The molecular weight excluding hydrogens is 607 g/mol. The van der Waals surface area contributed by atoms with Crippen LogP contribution in [0.3, 0.4) is 0 Å². The minimum absolute atomic E-state index is 0.0702. The van der Waals surface area contributed by atoms with E-state index in [0.29, 0.717) is 29.2 Å². The molecule has 0 aromatic heterocycles. The normalized spacial score (nSPS) is 11.7. The Hall–Kier alpha value is -5.60. The monoisotopic (exact) mass is 641 g/mol. The van der Waals surface area contributed by atoms with E-state index in [4.69, 9.17) is 4.74 Å². The van der Waals surface area contributed by atoms with E-state index in [2.05, 4.69) is 16.0 Å². The summed E-state index contributed by atoms with van der Waals surface area (Å²) in [7, 11) is 0. The molecule has 0 aliphatic carbocycles. The predicted molar refractivity (Wildman–Crippen MR) is 189 cm³/mol. The SMILES string of the molecule is CCOc1ccc(/C=C(/NC(=O)c2ccccc2)C(=O)Nc2cccc(SC(C(=O)Nc3cccc(C)c3)c3ccccc3)c2)cc1. The number of thioether (sulfide) groups is 1. The van der Waals surface area contributed by atoms with Crippen LogP contribution in [0.25, 0.3) is 6.08 Å². The van der Waals surface area contributed by atoms with Gasteiger partial charge in [-0.25, -0.2) is 0 Å². The molecule has 0 heterocycles. The molecule has 0 bridgehead atoms. The van der Waals surface area contributed by atoms with E-state index in [9.17, 15) is 14.4 Å². The zero-order chi connectivity index (χ0) is 33.0. The van der Waals surface area contributed by atoms with Crippen LogP contribution in [0.4, 0.5) is 11.4 Å². The van der Waals surface area contributed by atoms with Crippen molar-refractivity contribution in [1.82, 2.24) is 5.32 Å². The summed E-state index contributed by atoms with van der Waals surface area (Å²) in [5.41, 5.74) is 4.33. The number of amides is 3. The predicted octanol–water partition coefficient (Wildman–Crippen LogP) is 8.28. The molecule has 5 rings (SSSR count). The summed E-state index contributed by atoms with van der Waals surface area (Å²) in [5.74, 6) is -0.361. The van der Waals surface area contributed by atoms with Gasteiger partial charge in [0.1, 0.15) is 16.7 Å². The molecule has 5 aromatic carbocycles. The standard InChI is InChI=1S/C39H35N3O4S/c1-3-46-33-22-20-28(21-23-33)25-35(42-37(43)30-15-8-5-9-16-30)38(44)40-32-18-11-19-34(26-32)47-36(29-13-6-4-7-14-29)39(45)41-31-17-10-12-27(2)24-31/h4-26,36H,3H2,1-2H3,(H,40,44)(H,41,45)(H,42,43)/b35-25+. The van der Waals surface area contributed by atoms with Gasteiger partial charge in [0.2, 0.25) is 5.91 Å². The topological polar surface area (TPSA) is 96.5 Å². The lowest BCUT2D eigenvalue weighted by atomic mass is 10.1. The summed E-state index contributed by atoms with van der Waals surface area (Å²) in [4.78, 5) is 41.1. The van der Waals surface area contributed by atoms with Crippen LogP contribution >= 0.6 is 11.8 Å². The Bertz CT molecular complexity index is 1860. The highest BCUT2D eigenvalue weighted by Gasteiger charge is 2.23. The van der Waals surface area contributed by atoms with Crippen molar-refractivity contribution in [3.63, 3.8) is 0 Å². The molecule has 8 heteroatoms. The number of hydrogen-bond acceptors (Lipinski definition) is 5.